The average molecular weight is 531 g/mol. The predicted octanol–water partition coefficient (Wildman–Crippen LogP) is 7.03. The van der Waals surface area contributed by atoms with Gasteiger partial charge in [-0.2, -0.15) is 5.10 Å². The molecular weight excluding hydrogens is 500 g/mol. The summed E-state index contributed by atoms with van der Waals surface area (Å²) in [6, 6.07) is 32.9. The molecule has 1 aliphatic carbocycles. The van der Waals surface area contributed by atoms with Gasteiger partial charge in [0.05, 0.1) is 6.21 Å². The molecule has 0 unspecified atom stereocenters. The minimum atomic E-state index is -0.383. The van der Waals surface area contributed by atoms with Crippen molar-refractivity contribution in [1.29, 1.82) is 0 Å². The number of benzene rings is 4. The van der Waals surface area contributed by atoms with E-state index in [9.17, 15) is 4.79 Å². The number of carbonyl (C=O) groups excluding carboxylic acids is 1. The summed E-state index contributed by atoms with van der Waals surface area (Å²) in [5.41, 5.74) is 6.95. The van der Waals surface area contributed by atoms with Crippen LogP contribution >= 0.6 is 0 Å². The molecule has 0 radical (unpaired) electrons. The summed E-state index contributed by atoms with van der Waals surface area (Å²) >= 11 is 0. The van der Waals surface area contributed by atoms with Crippen molar-refractivity contribution < 1.29 is 19.0 Å². The highest BCUT2D eigenvalue weighted by molar-refractivity contribution is 5.96. The van der Waals surface area contributed by atoms with Crippen molar-refractivity contribution in [3.63, 3.8) is 0 Å². The van der Waals surface area contributed by atoms with E-state index in [1.54, 1.807) is 18.3 Å². The number of nitrogens with one attached hydrogen (secondary N) is 1. The first-order valence-corrected chi connectivity index (χ1v) is 13.1. The Labute approximate surface area is 234 Å². The van der Waals surface area contributed by atoms with E-state index in [1.807, 2.05) is 109 Å². The Morgan fingerprint density at radius 2 is 1.23 bits per heavy atom. The van der Waals surface area contributed by atoms with Crippen LogP contribution in [0.25, 0.3) is 0 Å². The van der Waals surface area contributed by atoms with Gasteiger partial charge in [-0.05, 0) is 40.8 Å². The van der Waals surface area contributed by atoms with Crippen LogP contribution in [0.3, 0.4) is 0 Å². The summed E-state index contributed by atoms with van der Waals surface area (Å²) in [6.45, 7) is 0.902. The first-order chi connectivity index (χ1) is 19.7. The third-order valence-electron chi connectivity index (χ3n) is 6.18. The fraction of sp³-hybridized carbons (Fsp3) is 0.118. The summed E-state index contributed by atoms with van der Waals surface area (Å²) in [5, 5.41) is 4.13. The van der Waals surface area contributed by atoms with Crippen LogP contribution in [0.4, 0.5) is 0 Å². The Bertz CT molecular complexity index is 1430. The maximum atomic E-state index is 13.2. The van der Waals surface area contributed by atoms with Crippen molar-refractivity contribution >= 4 is 12.1 Å². The van der Waals surface area contributed by atoms with Crippen molar-refractivity contribution in [3.8, 4) is 17.2 Å². The number of hydrazone groups is 1. The number of hydrogen-bond donors (Lipinski definition) is 1. The lowest BCUT2D eigenvalue weighted by atomic mass is 10.1. The molecule has 6 heteroatoms. The van der Waals surface area contributed by atoms with Gasteiger partial charge in [0, 0.05) is 5.56 Å². The quantitative estimate of drug-likeness (QED) is 0.158. The van der Waals surface area contributed by atoms with Gasteiger partial charge in [0.25, 0.3) is 5.91 Å². The standard InChI is InChI=1S/C34H30N2O4/c37-34(36-35-22-26-12-10-11-13-26)30-20-31(38-23-27-14-4-1-5-15-27)33(40-25-29-18-8-3-9-19-29)32(21-30)39-24-28-16-6-2-7-17-28/h1-12,14-22H,13,23-25H2,(H,36,37)/b35-22+. The van der Waals surface area contributed by atoms with Crippen LogP contribution in [0.2, 0.25) is 0 Å². The number of ether oxygens (including phenoxy) is 3. The Morgan fingerprint density at radius 1 is 0.725 bits per heavy atom. The van der Waals surface area contributed by atoms with Crippen molar-refractivity contribution in [2.45, 2.75) is 26.2 Å². The summed E-state index contributed by atoms with van der Waals surface area (Å²) in [7, 11) is 0. The van der Waals surface area contributed by atoms with Gasteiger partial charge in [0.1, 0.15) is 19.8 Å². The zero-order valence-electron chi connectivity index (χ0n) is 22.0. The van der Waals surface area contributed by atoms with Gasteiger partial charge < -0.3 is 14.2 Å². The van der Waals surface area contributed by atoms with Gasteiger partial charge in [-0.3, -0.25) is 4.79 Å². The van der Waals surface area contributed by atoms with Gasteiger partial charge in [-0.15, -0.1) is 0 Å². The monoisotopic (exact) mass is 530 g/mol. The topological polar surface area (TPSA) is 69.2 Å². The largest absolute Gasteiger partial charge is 0.485 e. The second-order valence-electron chi connectivity index (χ2n) is 9.20. The van der Waals surface area contributed by atoms with E-state index >= 15 is 0 Å². The molecule has 5 rings (SSSR count). The van der Waals surface area contributed by atoms with Crippen molar-refractivity contribution in [1.82, 2.24) is 5.43 Å². The smallest absolute Gasteiger partial charge is 0.271 e. The molecular formula is C34H30N2O4. The number of allylic oxidation sites excluding steroid dienone is 4. The molecule has 0 aliphatic heterocycles. The number of hydrogen-bond acceptors (Lipinski definition) is 5. The van der Waals surface area contributed by atoms with Crippen LogP contribution in [-0.2, 0) is 19.8 Å². The Hall–Kier alpha value is -5.10. The zero-order chi connectivity index (χ0) is 27.4. The maximum Gasteiger partial charge on any atom is 0.271 e. The fourth-order valence-corrected chi connectivity index (χ4v) is 4.06. The fourth-order valence-electron chi connectivity index (χ4n) is 4.06. The molecule has 0 fully saturated rings. The second kappa shape index (κ2) is 13.6. The highest BCUT2D eigenvalue weighted by Gasteiger charge is 2.20. The highest BCUT2D eigenvalue weighted by Crippen LogP contribution is 2.40. The summed E-state index contributed by atoms with van der Waals surface area (Å²) in [4.78, 5) is 13.2. The van der Waals surface area contributed by atoms with Crippen LogP contribution in [0.5, 0.6) is 17.2 Å². The van der Waals surface area contributed by atoms with E-state index in [0.29, 0.717) is 42.6 Å². The molecule has 1 amide bonds. The normalized spacial score (nSPS) is 12.2. The van der Waals surface area contributed by atoms with Gasteiger partial charge in [0.2, 0.25) is 5.75 Å². The Kier molecular flexibility index (Phi) is 9.03. The highest BCUT2D eigenvalue weighted by atomic mass is 16.5. The molecule has 1 N–H and O–H groups in total. The van der Waals surface area contributed by atoms with Crippen molar-refractivity contribution in [2.24, 2.45) is 5.10 Å². The number of amides is 1. The third kappa shape index (κ3) is 7.48. The lowest BCUT2D eigenvalue weighted by Crippen LogP contribution is -2.18. The van der Waals surface area contributed by atoms with Crippen LogP contribution in [-0.4, -0.2) is 12.1 Å². The SMILES string of the molecule is O=C(N/N=C/C1=CC=CC1)c1cc(OCc2ccccc2)c(OCc2ccccc2)c(OCc2ccccc2)c1. The molecule has 0 spiro atoms. The average Bonchev–Trinajstić information content (AvgIpc) is 3.53. The minimum absolute atomic E-state index is 0.297. The van der Waals surface area contributed by atoms with Gasteiger partial charge in [0.15, 0.2) is 11.5 Å². The molecule has 4 aromatic rings. The molecule has 6 nitrogen and oxygen atoms in total. The molecule has 0 saturated heterocycles. The summed E-state index contributed by atoms with van der Waals surface area (Å²) < 4.78 is 18.8. The van der Waals surface area contributed by atoms with Crippen molar-refractivity contribution in [2.75, 3.05) is 0 Å². The van der Waals surface area contributed by atoms with E-state index in [-0.39, 0.29) is 5.91 Å². The van der Waals surface area contributed by atoms with E-state index < -0.39 is 0 Å². The lowest BCUT2D eigenvalue weighted by molar-refractivity contribution is 0.0953. The minimum Gasteiger partial charge on any atom is -0.485 e. The van der Waals surface area contributed by atoms with Gasteiger partial charge in [-0.25, -0.2) is 5.43 Å². The van der Waals surface area contributed by atoms with Gasteiger partial charge in [-0.1, -0.05) is 109 Å². The summed E-state index contributed by atoms with van der Waals surface area (Å²) in [6.07, 6.45) is 8.39. The Morgan fingerprint density at radius 3 is 1.70 bits per heavy atom. The van der Waals surface area contributed by atoms with Crippen LogP contribution in [0.15, 0.2) is 132 Å². The Balaban J connectivity index is 1.45. The number of nitrogens with zero attached hydrogens (tertiary/aromatic N) is 1. The second-order valence-corrected chi connectivity index (χ2v) is 9.20. The van der Waals surface area contributed by atoms with Crippen LogP contribution in [0, 0.1) is 0 Å². The van der Waals surface area contributed by atoms with Gasteiger partial charge >= 0.3 is 0 Å². The van der Waals surface area contributed by atoms with Crippen LogP contribution < -0.4 is 19.6 Å². The molecule has 0 heterocycles. The molecule has 0 atom stereocenters. The number of carbonyl (C=O) groups is 1. The molecule has 0 saturated carbocycles. The predicted molar refractivity (Wildman–Crippen MR) is 157 cm³/mol. The maximum absolute atomic E-state index is 13.2. The van der Waals surface area contributed by atoms with E-state index in [0.717, 1.165) is 28.7 Å². The molecule has 40 heavy (non-hydrogen) atoms. The molecule has 1 aliphatic rings. The lowest BCUT2D eigenvalue weighted by Gasteiger charge is -2.19. The van der Waals surface area contributed by atoms with Crippen molar-refractivity contribution in [3.05, 3.63) is 149 Å². The molecule has 0 bridgehead atoms. The molecule has 0 aromatic heterocycles. The van der Waals surface area contributed by atoms with E-state index in [2.05, 4.69) is 10.5 Å². The first kappa shape index (κ1) is 26.5. The van der Waals surface area contributed by atoms with Crippen LogP contribution in [0.1, 0.15) is 33.5 Å². The number of rotatable bonds is 12. The summed E-state index contributed by atoms with van der Waals surface area (Å²) in [5.74, 6) is 0.855. The molecule has 200 valence electrons. The zero-order valence-corrected chi connectivity index (χ0v) is 22.0. The first-order valence-electron chi connectivity index (χ1n) is 13.1. The van der Waals surface area contributed by atoms with E-state index in [1.165, 1.54) is 0 Å². The molecule has 4 aromatic carbocycles. The van der Waals surface area contributed by atoms with E-state index in [4.69, 9.17) is 14.2 Å². The third-order valence-corrected chi connectivity index (χ3v) is 6.18.